The number of pyridine rings is 1. The predicted molar refractivity (Wildman–Crippen MR) is 205 cm³/mol. The molecular weight excluding hydrogens is 690 g/mol. The second-order valence-corrected chi connectivity index (χ2v) is 15.9. The molecule has 10 nitrogen and oxygen atoms in total. The number of hydrogen-bond donors (Lipinski definition) is 3. The molecular formula is C42H50ClN5O5. The molecule has 53 heavy (non-hydrogen) atoms. The second kappa shape index (κ2) is 15.4. The molecule has 1 saturated carbocycles. The van der Waals surface area contributed by atoms with Gasteiger partial charge in [0.05, 0.1) is 13.2 Å². The molecule has 2 aromatic heterocycles. The first-order valence-corrected chi connectivity index (χ1v) is 19.3. The molecule has 3 N–H and O–H groups in total. The first-order chi connectivity index (χ1) is 25.6. The van der Waals surface area contributed by atoms with Gasteiger partial charge >= 0.3 is 5.97 Å². The van der Waals surface area contributed by atoms with Crippen LogP contribution in [0.4, 0.5) is 5.69 Å². The molecule has 3 atom stereocenters. The maximum atomic E-state index is 13.0. The average Bonchev–Trinajstić information content (AvgIpc) is 3.70. The van der Waals surface area contributed by atoms with E-state index in [0.29, 0.717) is 60.8 Å². The summed E-state index contributed by atoms with van der Waals surface area (Å²) in [7, 11) is 1.74. The number of rotatable bonds is 13. The molecule has 0 saturated heterocycles. The number of aromatic nitrogens is 3. The van der Waals surface area contributed by atoms with E-state index in [9.17, 15) is 14.7 Å². The minimum absolute atomic E-state index is 0.198. The number of carbonyl (C=O) groups excluding carboxylic acids is 1. The number of halogens is 1. The normalized spacial score (nSPS) is 23.8. The third-order valence-electron chi connectivity index (χ3n) is 12.0. The molecule has 2 aromatic carbocycles. The number of aryl methyl sites for hydroxylation is 2. The van der Waals surface area contributed by atoms with Gasteiger partial charge in [-0.3, -0.25) is 14.5 Å². The van der Waals surface area contributed by atoms with E-state index in [-0.39, 0.29) is 17.2 Å². The molecule has 3 aliphatic rings. The Kier molecular flexibility index (Phi) is 10.7. The van der Waals surface area contributed by atoms with Crippen molar-refractivity contribution in [3.05, 3.63) is 100 Å². The number of carboxylic acid groups (broad SMARTS) is 1. The second-order valence-electron chi connectivity index (χ2n) is 15.5. The van der Waals surface area contributed by atoms with Crippen molar-refractivity contribution in [2.24, 2.45) is 18.9 Å². The van der Waals surface area contributed by atoms with Crippen molar-refractivity contribution in [3.8, 4) is 11.5 Å². The molecule has 1 fully saturated rings. The highest BCUT2D eigenvalue weighted by atomic mass is 35.5. The summed E-state index contributed by atoms with van der Waals surface area (Å²) >= 11 is 6.28. The van der Waals surface area contributed by atoms with Crippen LogP contribution >= 0.6 is 11.6 Å². The van der Waals surface area contributed by atoms with Gasteiger partial charge in [-0.25, -0.2) is 4.79 Å². The summed E-state index contributed by atoms with van der Waals surface area (Å²) in [6.45, 7) is 5.82. The van der Waals surface area contributed by atoms with Gasteiger partial charge in [0, 0.05) is 41.4 Å². The lowest BCUT2D eigenvalue weighted by Gasteiger charge is -2.47. The van der Waals surface area contributed by atoms with Crippen molar-refractivity contribution in [2.75, 3.05) is 25.1 Å². The zero-order valence-electron chi connectivity index (χ0n) is 30.9. The van der Waals surface area contributed by atoms with Crippen LogP contribution in [0.2, 0.25) is 5.02 Å². The summed E-state index contributed by atoms with van der Waals surface area (Å²) in [5, 5.41) is 21.6. The molecule has 11 heteroatoms. The van der Waals surface area contributed by atoms with E-state index in [4.69, 9.17) is 21.1 Å². The van der Waals surface area contributed by atoms with Crippen LogP contribution in [-0.4, -0.2) is 57.0 Å². The molecule has 3 aliphatic carbocycles. The van der Waals surface area contributed by atoms with Crippen LogP contribution in [0.15, 0.2) is 67.0 Å². The fourth-order valence-electron chi connectivity index (χ4n) is 9.19. The minimum atomic E-state index is -1.10. The van der Waals surface area contributed by atoms with Gasteiger partial charge in [-0.1, -0.05) is 37.6 Å². The number of anilines is 1. The van der Waals surface area contributed by atoms with Gasteiger partial charge in [-0.05, 0) is 135 Å². The Morgan fingerprint density at radius 2 is 1.91 bits per heavy atom. The summed E-state index contributed by atoms with van der Waals surface area (Å²) < 4.78 is 14.3. The van der Waals surface area contributed by atoms with E-state index in [1.807, 2.05) is 30.5 Å². The number of carbonyl (C=O) groups is 2. The molecule has 280 valence electrons. The fourth-order valence-corrected chi connectivity index (χ4v) is 9.38. The fraction of sp³-hybridized carbons (Fsp3) is 0.476. The molecule has 1 spiro atoms. The largest absolute Gasteiger partial charge is 0.493 e. The predicted octanol–water partition coefficient (Wildman–Crippen LogP) is 7.74. The number of hydrogen-bond acceptors (Lipinski definition) is 7. The SMILES string of the molecule is C[C@@H](COc1ccnc2c1[C@H](C)CCC2)CC1Cc2ccc(OCCNC(=O)c3ccnn3C)cc2C12CCC(Nc1cccc(Cl)c1)(C(=O)O)CC2. The quantitative estimate of drug-likeness (QED) is 0.119. The van der Waals surface area contributed by atoms with Gasteiger partial charge in [0.15, 0.2) is 0 Å². The summed E-state index contributed by atoms with van der Waals surface area (Å²) in [5.74, 6) is 1.71. The van der Waals surface area contributed by atoms with Gasteiger partial charge in [-0.15, -0.1) is 0 Å². The summed E-state index contributed by atoms with van der Waals surface area (Å²) in [4.78, 5) is 30.2. The highest BCUT2D eigenvalue weighted by Crippen LogP contribution is 2.56. The number of ether oxygens (including phenoxy) is 2. The molecule has 4 aromatic rings. The maximum absolute atomic E-state index is 13.0. The van der Waals surface area contributed by atoms with Crippen molar-refractivity contribution in [3.63, 3.8) is 0 Å². The van der Waals surface area contributed by atoms with Gasteiger partial charge < -0.3 is 25.2 Å². The number of benzene rings is 2. The lowest BCUT2D eigenvalue weighted by molar-refractivity contribution is -0.144. The van der Waals surface area contributed by atoms with Gasteiger partial charge in [0.2, 0.25) is 0 Å². The van der Waals surface area contributed by atoms with Crippen LogP contribution in [0.1, 0.15) is 97.6 Å². The number of fused-ring (bicyclic) bond motifs is 3. The Hall–Kier alpha value is -4.57. The smallest absolute Gasteiger partial charge is 0.329 e. The van der Waals surface area contributed by atoms with Crippen LogP contribution < -0.4 is 20.1 Å². The number of nitrogens with zero attached hydrogens (tertiary/aromatic N) is 3. The van der Waals surface area contributed by atoms with Crippen LogP contribution in [-0.2, 0) is 30.1 Å². The molecule has 1 amide bonds. The zero-order valence-corrected chi connectivity index (χ0v) is 31.6. The Bertz CT molecular complexity index is 1950. The molecule has 0 aliphatic heterocycles. The highest BCUT2D eigenvalue weighted by Gasteiger charge is 2.54. The van der Waals surface area contributed by atoms with Gasteiger partial charge in [0.1, 0.15) is 29.3 Å². The Labute approximate surface area is 316 Å². The van der Waals surface area contributed by atoms with Crippen molar-refractivity contribution in [1.82, 2.24) is 20.1 Å². The Balaban J connectivity index is 1.09. The van der Waals surface area contributed by atoms with Crippen molar-refractivity contribution in [1.29, 1.82) is 0 Å². The number of nitrogens with one attached hydrogen (secondary N) is 2. The Morgan fingerprint density at radius 1 is 1.08 bits per heavy atom. The van der Waals surface area contributed by atoms with E-state index in [0.717, 1.165) is 50.0 Å². The van der Waals surface area contributed by atoms with Gasteiger partial charge in [-0.2, -0.15) is 5.10 Å². The first-order valence-electron chi connectivity index (χ1n) is 19.0. The van der Waals surface area contributed by atoms with E-state index in [1.54, 1.807) is 36.1 Å². The lowest BCUT2D eigenvalue weighted by Crippen LogP contribution is -2.53. The van der Waals surface area contributed by atoms with Crippen molar-refractivity contribution < 1.29 is 24.2 Å². The van der Waals surface area contributed by atoms with Crippen LogP contribution in [0, 0.1) is 11.8 Å². The molecule has 0 radical (unpaired) electrons. The Morgan fingerprint density at radius 3 is 2.66 bits per heavy atom. The van der Waals surface area contributed by atoms with Gasteiger partial charge in [0.25, 0.3) is 5.91 Å². The summed E-state index contributed by atoms with van der Waals surface area (Å²) in [6.07, 6.45) is 11.1. The summed E-state index contributed by atoms with van der Waals surface area (Å²) in [5.41, 5.74) is 4.87. The highest BCUT2D eigenvalue weighted by molar-refractivity contribution is 6.30. The third-order valence-corrected chi connectivity index (χ3v) is 12.2. The lowest BCUT2D eigenvalue weighted by atomic mass is 9.59. The third kappa shape index (κ3) is 7.61. The average molecular weight is 740 g/mol. The van der Waals surface area contributed by atoms with E-state index in [2.05, 4.69) is 46.7 Å². The van der Waals surface area contributed by atoms with E-state index in [1.165, 1.54) is 28.8 Å². The molecule has 0 bridgehead atoms. The topological polar surface area (TPSA) is 128 Å². The minimum Gasteiger partial charge on any atom is -0.493 e. The van der Waals surface area contributed by atoms with Crippen LogP contribution in [0.3, 0.4) is 0 Å². The van der Waals surface area contributed by atoms with E-state index >= 15 is 0 Å². The standard InChI is InChI=1S/C42H50ClN5O5/c1-27(26-53-37-13-18-44-35-9-4-6-28(2)38(35)37)22-30-23-29-10-11-33(52-21-20-45-39(49)36-12-19-46-48(36)3)25-34(29)41(30)14-16-42(17-15-41,40(50)51)47-32-8-5-7-31(43)24-32/h5,7-8,10-13,18-19,24-25,27-28,30,47H,4,6,9,14-17,20-23,26H2,1-3H3,(H,45,49)(H,50,51)/t27-,28-,30?,41?,42?/m1/s1. The number of amides is 1. The van der Waals surface area contributed by atoms with Crippen molar-refractivity contribution >= 4 is 29.2 Å². The molecule has 2 heterocycles. The molecule has 1 unspecified atom stereocenters. The van der Waals surface area contributed by atoms with Crippen LogP contribution in [0.25, 0.3) is 0 Å². The maximum Gasteiger partial charge on any atom is 0.329 e. The number of aliphatic carboxylic acids is 1. The molecule has 7 rings (SSSR count). The van der Waals surface area contributed by atoms with Crippen molar-refractivity contribution in [2.45, 2.75) is 88.5 Å². The van der Waals surface area contributed by atoms with E-state index < -0.39 is 11.5 Å². The monoisotopic (exact) mass is 739 g/mol. The summed E-state index contributed by atoms with van der Waals surface area (Å²) in [6, 6.07) is 17.4. The van der Waals surface area contributed by atoms with Crippen LogP contribution in [0.5, 0.6) is 11.5 Å². The number of carboxylic acids is 1. The zero-order chi connectivity index (χ0) is 37.2. The first kappa shape index (κ1) is 36.8.